The number of hydrogen-bond acceptors (Lipinski definition) is 3. The molecule has 0 unspecified atom stereocenters. The molecule has 53 heavy (non-hydrogen) atoms. The van der Waals surface area contributed by atoms with Crippen LogP contribution in [0.5, 0.6) is 0 Å². The molecule has 0 fully saturated rings. The summed E-state index contributed by atoms with van der Waals surface area (Å²) >= 11 is 3.81. The molecule has 3 heteroatoms. The SMILES string of the molecule is c1ccc(-c2ccc(-c3cc4c(sc5cccc(N(c6ccccc6)c6ccc7ccccc7c6)c54)c4ccccc34)c3sc4ccccc4c23)cc1. The Morgan fingerprint density at radius 1 is 0.340 bits per heavy atom. The molecule has 0 amide bonds. The van der Waals surface area contributed by atoms with E-state index in [1.807, 2.05) is 22.7 Å². The first-order valence-electron chi connectivity index (χ1n) is 18.0. The molecule has 0 N–H and O–H groups in total. The van der Waals surface area contributed by atoms with E-state index in [9.17, 15) is 0 Å². The van der Waals surface area contributed by atoms with Gasteiger partial charge in [0.2, 0.25) is 0 Å². The molecule has 2 aromatic heterocycles. The fourth-order valence-electron chi connectivity index (χ4n) is 8.26. The van der Waals surface area contributed by atoms with Crippen molar-refractivity contribution in [1.82, 2.24) is 0 Å². The summed E-state index contributed by atoms with van der Waals surface area (Å²) in [6.45, 7) is 0. The van der Waals surface area contributed by atoms with Crippen LogP contribution in [0.4, 0.5) is 17.1 Å². The van der Waals surface area contributed by atoms with E-state index < -0.39 is 0 Å². The molecule has 0 aliphatic rings. The molecule has 1 nitrogen and oxygen atoms in total. The van der Waals surface area contributed by atoms with Crippen LogP contribution in [0.15, 0.2) is 188 Å². The number of anilines is 3. The number of para-hydroxylation sites is 1. The number of rotatable bonds is 5. The van der Waals surface area contributed by atoms with Crippen molar-refractivity contribution in [2.75, 3.05) is 4.90 Å². The number of benzene rings is 9. The molecule has 0 saturated heterocycles. The van der Waals surface area contributed by atoms with Gasteiger partial charge in [0, 0.05) is 62.7 Å². The van der Waals surface area contributed by atoms with Crippen LogP contribution in [-0.2, 0) is 0 Å². The Labute approximate surface area is 315 Å². The Bertz CT molecular complexity index is 3170. The maximum absolute atomic E-state index is 2.49. The minimum Gasteiger partial charge on any atom is -0.310 e. The van der Waals surface area contributed by atoms with E-state index in [1.54, 1.807) is 0 Å². The highest BCUT2D eigenvalue weighted by molar-refractivity contribution is 7.27. The van der Waals surface area contributed by atoms with Gasteiger partial charge in [-0.25, -0.2) is 0 Å². The molecule has 0 aliphatic carbocycles. The average molecular weight is 710 g/mol. The lowest BCUT2D eigenvalue weighted by molar-refractivity contribution is 1.31. The Morgan fingerprint density at radius 3 is 1.85 bits per heavy atom. The van der Waals surface area contributed by atoms with Crippen molar-refractivity contribution in [2.24, 2.45) is 0 Å². The number of fused-ring (bicyclic) bond motifs is 9. The molecule has 0 radical (unpaired) electrons. The van der Waals surface area contributed by atoms with Gasteiger partial charge >= 0.3 is 0 Å². The van der Waals surface area contributed by atoms with Crippen LogP contribution in [0.3, 0.4) is 0 Å². The normalized spacial score (nSPS) is 11.8. The van der Waals surface area contributed by atoms with Crippen molar-refractivity contribution in [1.29, 1.82) is 0 Å². The molecule has 0 spiro atoms. The Hall–Kier alpha value is -6.26. The minimum atomic E-state index is 1.14. The molecule has 0 bridgehead atoms. The molecular weight excluding hydrogens is 679 g/mol. The summed E-state index contributed by atoms with van der Waals surface area (Å²) in [5, 5.41) is 10.3. The van der Waals surface area contributed by atoms with Crippen molar-refractivity contribution in [3.05, 3.63) is 188 Å². The smallest absolute Gasteiger partial charge is 0.0554 e. The first-order chi connectivity index (χ1) is 26.3. The summed E-state index contributed by atoms with van der Waals surface area (Å²) < 4.78 is 5.26. The van der Waals surface area contributed by atoms with Gasteiger partial charge in [0.05, 0.1) is 5.69 Å². The molecule has 0 aliphatic heterocycles. The lowest BCUT2D eigenvalue weighted by atomic mass is 9.91. The van der Waals surface area contributed by atoms with E-state index in [1.165, 1.54) is 89.8 Å². The molecular formula is C50H31NS2. The molecule has 248 valence electrons. The van der Waals surface area contributed by atoms with Gasteiger partial charge in [0.25, 0.3) is 0 Å². The van der Waals surface area contributed by atoms with Crippen LogP contribution in [0, 0.1) is 0 Å². The van der Waals surface area contributed by atoms with Crippen molar-refractivity contribution >= 4 is 102 Å². The number of thiophene rings is 2. The summed E-state index contributed by atoms with van der Waals surface area (Å²) in [6.07, 6.45) is 0. The third kappa shape index (κ3) is 4.82. The van der Waals surface area contributed by atoms with Gasteiger partial charge < -0.3 is 4.90 Å². The second kappa shape index (κ2) is 12.2. The van der Waals surface area contributed by atoms with Crippen molar-refractivity contribution in [3.8, 4) is 22.3 Å². The lowest BCUT2D eigenvalue weighted by Crippen LogP contribution is -2.10. The highest BCUT2D eigenvalue weighted by Gasteiger charge is 2.22. The molecule has 11 rings (SSSR count). The third-order valence-electron chi connectivity index (χ3n) is 10.6. The Kier molecular flexibility index (Phi) is 6.97. The highest BCUT2D eigenvalue weighted by Crippen LogP contribution is 2.51. The predicted molar refractivity (Wildman–Crippen MR) is 233 cm³/mol. The average Bonchev–Trinajstić information content (AvgIpc) is 3.81. The fraction of sp³-hybridized carbons (Fsp3) is 0. The van der Waals surface area contributed by atoms with Gasteiger partial charge in [0.1, 0.15) is 0 Å². The van der Waals surface area contributed by atoms with E-state index >= 15 is 0 Å². The Morgan fingerprint density at radius 2 is 1.00 bits per heavy atom. The zero-order chi connectivity index (χ0) is 34.9. The molecule has 11 aromatic rings. The lowest BCUT2D eigenvalue weighted by Gasteiger charge is -2.27. The first kappa shape index (κ1) is 30.4. The van der Waals surface area contributed by atoms with E-state index in [2.05, 4.69) is 193 Å². The van der Waals surface area contributed by atoms with Crippen molar-refractivity contribution in [3.63, 3.8) is 0 Å². The van der Waals surface area contributed by atoms with Gasteiger partial charge in [-0.05, 0) is 81.4 Å². The molecule has 9 aromatic carbocycles. The van der Waals surface area contributed by atoms with Crippen LogP contribution >= 0.6 is 22.7 Å². The summed E-state index contributed by atoms with van der Waals surface area (Å²) in [4.78, 5) is 2.44. The van der Waals surface area contributed by atoms with Gasteiger partial charge in [-0.1, -0.05) is 140 Å². The van der Waals surface area contributed by atoms with Crippen LogP contribution in [0.1, 0.15) is 0 Å². The van der Waals surface area contributed by atoms with E-state index in [-0.39, 0.29) is 0 Å². The predicted octanol–water partition coefficient (Wildman–Crippen LogP) is 15.5. The quantitative estimate of drug-likeness (QED) is 0.172. The summed E-state index contributed by atoms with van der Waals surface area (Å²) in [6, 6.07) is 69.0. The zero-order valence-electron chi connectivity index (χ0n) is 28.7. The van der Waals surface area contributed by atoms with Crippen molar-refractivity contribution < 1.29 is 0 Å². The van der Waals surface area contributed by atoms with Crippen LogP contribution in [0.25, 0.3) is 84.1 Å². The fourth-order valence-corrected chi connectivity index (χ4v) is 10.8. The number of hydrogen-bond donors (Lipinski definition) is 0. The molecule has 0 atom stereocenters. The summed E-state index contributed by atoms with van der Waals surface area (Å²) in [5.74, 6) is 0. The standard InChI is InChI=1S/C50H31NS2/c1-3-15-33(16-4-1)37-28-29-40(50-47(37)41-22-11-12-24-45(41)52-50)42-31-43-48-44(23-13-25-46(48)53-49(43)39-21-10-9-20-38(39)42)51(35-18-5-2-6-19-35)36-27-26-32-14-7-8-17-34(32)30-36/h1-31H. The topological polar surface area (TPSA) is 3.24 Å². The largest absolute Gasteiger partial charge is 0.310 e. The van der Waals surface area contributed by atoms with Gasteiger partial charge in [-0.3, -0.25) is 0 Å². The highest BCUT2D eigenvalue weighted by atomic mass is 32.1. The first-order valence-corrected chi connectivity index (χ1v) is 19.6. The van der Waals surface area contributed by atoms with E-state index in [0.29, 0.717) is 0 Å². The van der Waals surface area contributed by atoms with E-state index in [0.717, 1.165) is 11.4 Å². The molecule has 2 heterocycles. The number of nitrogens with zero attached hydrogens (tertiary/aromatic N) is 1. The zero-order valence-corrected chi connectivity index (χ0v) is 30.3. The summed E-state index contributed by atoms with van der Waals surface area (Å²) in [7, 11) is 0. The van der Waals surface area contributed by atoms with Gasteiger partial charge in [0.15, 0.2) is 0 Å². The van der Waals surface area contributed by atoms with Crippen LogP contribution < -0.4 is 4.90 Å². The minimum absolute atomic E-state index is 1.14. The van der Waals surface area contributed by atoms with E-state index in [4.69, 9.17) is 0 Å². The van der Waals surface area contributed by atoms with Gasteiger partial charge in [-0.15, -0.1) is 22.7 Å². The second-order valence-corrected chi connectivity index (χ2v) is 15.7. The monoisotopic (exact) mass is 709 g/mol. The van der Waals surface area contributed by atoms with Crippen molar-refractivity contribution in [2.45, 2.75) is 0 Å². The van der Waals surface area contributed by atoms with Crippen LogP contribution in [-0.4, -0.2) is 0 Å². The molecule has 0 saturated carbocycles. The van der Waals surface area contributed by atoms with Gasteiger partial charge in [-0.2, -0.15) is 0 Å². The maximum atomic E-state index is 2.49. The summed E-state index contributed by atoms with van der Waals surface area (Å²) in [5.41, 5.74) is 8.55. The van der Waals surface area contributed by atoms with Crippen LogP contribution in [0.2, 0.25) is 0 Å². The Balaban J connectivity index is 1.23. The third-order valence-corrected chi connectivity index (χ3v) is 13.0. The second-order valence-electron chi connectivity index (χ2n) is 13.6. The maximum Gasteiger partial charge on any atom is 0.0554 e.